The minimum absolute atomic E-state index is 0.0812. The summed E-state index contributed by atoms with van der Waals surface area (Å²) in [5.41, 5.74) is 0.836. The molecule has 0 spiro atoms. The first-order valence-corrected chi connectivity index (χ1v) is 5.83. The highest BCUT2D eigenvalue weighted by Crippen LogP contribution is 2.36. The first kappa shape index (κ1) is 11.6. The van der Waals surface area contributed by atoms with Gasteiger partial charge in [-0.1, -0.05) is 18.2 Å². The van der Waals surface area contributed by atoms with E-state index in [1.54, 1.807) is 12.1 Å². The molecule has 0 saturated carbocycles. The highest BCUT2D eigenvalue weighted by Gasteiger charge is 2.33. The van der Waals surface area contributed by atoms with Crippen LogP contribution < -0.4 is 5.32 Å². The molecule has 88 valence electrons. The number of rotatable bonds is 3. The summed E-state index contributed by atoms with van der Waals surface area (Å²) in [7, 11) is 4.03. The number of benzene rings is 1. The van der Waals surface area contributed by atoms with Gasteiger partial charge in [0.2, 0.25) is 0 Å². The number of nitrogens with one attached hydrogen (secondary N) is 1. The number of hydrogen-bond donors (Lipinski definition) is 1. The van der Waals surface area contributed by atoms with E-state index in [4.69, 9.17) is 0 Å². The predicted octanol–water partition coefficient (Wildman–Crippen LogP) is 2.04. The first-order chi connectivity index (χ1) is 7.74. The summed E-state index contributed by atoms with van der Waals surface area (Å²) in [5, 5.41) is 3.20. The summed E-state index contributed by atoms with van der Waals surface area (Å²) < 4.78 is 13.8. The SMILES string of the molecule is CNCC1CCN(C)C1c1ccccc1F. The maximum absolute atomic E-state index is 13.8. The van der Waals surface area contributed by atoms with E-state index in [1.165, 1.54) is 0 Å². The van der Waals surface area contributed by atoms with Crippen LogP contribution in [0.3, 0.4) is 0 Å². The molecule has 1 aliphatic heterocycles. The summed E-state index contributed by atoms with van der Waals surface area (Å²) in [6.07, 6.45) is 1.14. The second kappa shape index (κ2) is 4.93. The lowest BCUT2D eigenvalue weighted by Gasteiger charge is -2.25. The quantitative estimate of drug-likeness (QED) is 0.842. The van der Waals surface area contributed by atoms with Crippen molar-refractivity contribution < 1.29 is 4.39 Å². The van der Waals surface area contributed by atoms with E-state index in [0.717, 1.165) is 25.1 Å². The fourth-order valence-electron chi connectivity index (χ4n) is 2.71. The van der Waals surface area contributed by atoms with Gasteiger partial charge >= 0.3 is 0 Å². The van der Waals surface area contributed by atoms with Crippen molar-refractivity contribution >= 4 is 0 Å². The highest BCUT2D eigenvalue weighted by atomic mass is 19.1. The molecule has 1 heterocycles. The molecule has 0 aliphatic carbocycles. The van der Waals surface area contributed by atoms with E-state index in [1.807, 2.05) is 19.2 Å². The molecule has 0 radical (unpaired) electrons. The summed E-state index contributed by atoms with van der Waals surface area (Å²) in [5.74, 6) is 0.425. The number of halogens is 1. The van der Waals surface area contributed by atoms with Gasteiger partial charge in [-0.05, 0) is 45.6 Å². The van der Waals surface area contributed by atoms with Gasteiger partial charge in [0, 0.05) is 11.6 Å². The molecule has 2 unspecified atom stereocenters. The number of nitrogens with zero attached hydrogens (tertiary/aromatic N) is 1. The molecule has 0 bridgehead atoms. The average Bonchev–Trinajstić information content (AvgIpc) is 2.62. The molecule has 1 fully saturated rings. The molecule has 1 aromatic rings. The summed E-state index contributed by atoms with van der Waals surface area (Å²) in [6.45, 7) is 1.99. The van der Waals surface area contributed by atoms with Crippen molar-refractivity contribution in [1.29, 1.82) is 0 Å². The minimum Gasteiger partial charge on any atom is -0.319 e. The normalized spacial score (nSPS) is 26.2. The van der Waals surface area contributed by atoms with Crippen LogP contribution in [0.5, 0.6) is 0 Å². The molecule has 1 saturated heterocycles. The Morgan fingerprint density at radius 2 is 2.19 bits per heavy atom. The van der Waals surface area contributed by atoms with Gasteiger partial charge in [0.25, 0.3) is 0 Å². The third-order valence-corrected chi connectivity index (χ3v) is 3.46. The van der Waals surface area contributed by atoms with Gasteiger partial charge < -0.3 is 5.32 Å². The summed E-state index contributed by atoms with van der Waals surface area (Å²) >= 11 is 0. The first-order valence-electron chi connectivity index (χ1n) is 5.83. The van der Waals surface area contributed by atoms with Gasteiger partial charge in [0.05, 0.1) is 0 Å². The van der Waals surface area contributed by atoms with Crippen molar-refractivity contribution in [3.63, 3.8) is 0 Å². The third kappa shape index (κ3) is 2.11. The Kier molecular flexibility index (Phi) is 3.56. The van der Waals surface area contributed by atoms with Crippen molar-refractivity contribution in [2.75, 3.05) is 27.2 Å². The molecule has 1 N–H and O–H groups in total. The topological polar surface area (TPSA) is 15.3 Å². The molecule has 1 aromatic carbocycles. The van der Waals surface area contributed by atoms with Gasteiger partial charge in [-0.2, -0.15) is 0 Å². The van der Waals surface area contributed by atoms with Gasteiger partial charge in [0.1, 0.15) is 5.82 Å². The largest absolute Gasteiger partial charge is 0.319 e. The van der Waals surface area contributed by atoms with Crippen molar-refractivity contribution in [1.82, 2.24) is 10.2 Å². The smallest absolute Gasteiger partial charge is 0.127 e. The van der Waals surface area contributed by atoms with Crippen LogP contribution >= 0.6 is 0 Å². The second-order valence-corrected chi connectivity index (χ2v) is 4.55. The van der Waals surface area contributed by atoms with Crippen LogP contribution in [0, 0.1) is 11.7 Å². The lowest BCUT2D eigenvalue weighted by atomic mass is 9.93. The van der Waals surface area contributed by atoms with Gasteiger partial charge in [-0.25, -0.2) is 4.39 Å². The molecule has 0 amide bonds. The van der Waals surface area contributed by atoms with Crippen LogP contribution in [-0.2, 0) is 0 Å². The van der Waals surface area contributed by atoms with Crippen LogP contribution in [0.1, 0.15) is 18.0 Å². The maximum atomic E-state index is 13.8. The van der Waals surface area contributed by atoms with E-state index < -0.39 is 0 Å². The Hall–Kier alpha value is -0.930. The lowest BCUT2D eigenvalue weighted by molar-refractivity contribution is 0.267. The lowest BCUT2D eigenvalue weighted by Crippen LogP contribution is -2.27. The van der Waals surface area contributed by atoms with Crippen LogP contribution in [0.4, 0.5) is 4.39 Å². The number of likely N-dealkylation sites (tertiary alicyclic amines) is 1. The van der Waals surface area contributed by atoms with E-state index in [9.17, 15) is 4.39 Å². The van der Waals surface area contributed by atoms with Crippen molar-refractivity contribution in [2.24, 2.45) is 5.92 Å². The van der Waals surface area contributed by atoms with Crippen LogP contribution in [0.2, 0.25) is 0 Å². The third-order valence-electron chi connectivity index (χ3n) is 3.46. The van der Waals surface area contributed by atoms with Gasteiger partial charge in [-0.3, -0.25) is 4.90 Å². The molecule has 2 nitrogen and oxygen atoms in total. The van der Waals surface area contributed by atoms with E-state index >= 15 is 0 Å². The maximum Gasteiger partial charge on any atom is 0.127 e. The highest BCUT2D eigenvalue weighted by molar-refractivity contribution is 5.23. The van der Waals surface area contributed by atoms with Crippen molar-refractivity contribution in [3.8, 4) is 0 Å². The Morgan fingerprint density at radius 3 is 2.88 bits per heavy atom. The minimum atomic E-state index is -0.0812. The molecular formula is C13H19FN2. The van der Waals surface area contributed by atoms with Gasteiger partial charge in [0.15, 0.2) is 0 Å². The fraction of sp³-hybridized carbons (Fsp3) is 0.538. The Balaban J connectivity index is 2.26. The fourth-order valence-corrected chi connectivity index (χ4v) is 2.71. The Labute approximate surface area is 96.5 Å². The van der Waals surface area contributed by atoms with Crippen molar-refractivity contribution in [3.05, 3.63) is 35.6 Å². The predicted molar refractivity (Wildman–Crippen MR) is 63.8 cm³/mol. The van der Waals surface area contributed by atoms with Crippen LogP contribution in [0.15, 0.2) is 24.3 Å². The molecule has 16 heavy (non-hydrogen) atoms. The van der Waals surface area contributed by atoms with Crippen LogP contribution in [0.25, 0.3) is 0 Å². The zero-order valence-electron chi connectivity index (χ0n) is 9.91. The molecule has 1 aliphatic rings. The van der Waals surface area contributed by atoms with Gasteiger partial charge in [-0.15, -0.1) is 0 Å². The monoisotopic (exact) mass is 222 g/mol. The zero-order chi connectivity index (χ0) is 11.5. The number of hydrogen-bond acceptors (Lipinski definition) is 2. The van der Waals surface area contributed by atoms with Crippen molar-refractivity contribution in [2.45, 2.75) is 12.5 Å². The zero-order valence-corrected chi connectivity index (χ0v) is 9.91. The van der Waals surface area contributed by atoms with E-state index in [-0.39, 0.29) is 11.9 Å². The standard InChI is InChI=1S/C13H19FN2/c1-15-9-10-7-8-16(2)13(10)11-5-3-4-6-12(11)14/h3-6,10,13,15H,7-9H2,1-2H3. The summed E-state index contributed by atoms with van der Waals surface area (Å²) in [4.78, 5) is 2.25. The van der Waals surface area contributed by atoms with E-state index in [0.29, 0.717) is 5.92 Å². The molecular weight excluding hydrogens is 203 g/mol. The molecule has 2 rings (SSSR count). The second-order valence-electron chi connectivity index (χ2n) is 4.55. The summed E-state index contributed by atoms with van der Waals surface area (Å²) in [6, 6.07) is 7.35. The molecule has 0 aromatic heterocycles. The van der Waals surface area contributed by atoms with E-state index in [2.05, 4.69) is 17.3 Å². The average molecular weight is 222 g/mol. The molecule has 3 heteroatoms. The molecule has 2 atom stereocenters. The van der Waals surface area contributed by atoms with Crippen LogP contribution in [-0.4, -0.2) is 32.1 Å². The Bertz CT molecular complexity index is 352. The Morgan fingerprint density at radius 1 is 1.44 bits per heavy atom.